The summed E-state index contributed by atoms with van der Waals surface area (Å²) in [7, 11) is 0. The van der Waals surface area contributed by atoms with Crippen LogP contribution in [0.1, 0.15) is 74.2 Å². The van der Waals surface area contributed by atoms with Crippen molar-refractivity contribution in [2.24, 2.45) is 11.3 Å². The molecule has 1 aromatic carbocycles. The van der Waals surface area contributed by atoms with E-state index in [1.54, 1.807) is 6.92 Å². The van der Waals surface area contributed by atoms with E-state index in [9.17, 15) is 9.90 Å². The molecule has 4 nitrogen and oxygen atoms in total. The maximum Gasteiger partial charge on any atom is 0.252 e. The molecule has 0 aromatic heterocycles. The van der Waals surface area contributed by atoms with Crippen molar-refractivity contribution in [1.29, 1.82) is 0 Å². The van der Waals surface area contributed by atoms with Crippen LogP contribution in [0, 0.1) is 18.8 Å². The fourth-order valence-corrected chi connectivity index (χ4v) is 5.27. The van der Waals surface area contributed by atoms with Gasteiger partial charge in [-0.15, -0.1) is 0 Å². The van der Waals surface area contributed by atoms with Crippen molar-refractivity contribution in [3.63, 3.8) is 0 Å². The number of carbonyl (C=O) groups excluding carboxylic acids is 1. The van der Waals surface area contributed by atoms with Crippen LogP contribution in [0.25, 0.3) is 0 Å². The molecule has 1 atom stereocenters. The van der Waals surface area contributed by atoms with Crippen molar-refractivity contribution in [2.75, 3.05) is 19.6 Å². The Labute approximate surface area is 181 Å². The number of hydrogen-bond acceptors (Lipinski definition) is 3. The third kappa shape index (κ3) is 6.97. The Balaban J connectivity index is 0.00000300. The number of aliphatic hydroxyl groups is 1. The van der Waals surface area contributed by atoms with E-state index in [1.165, 1.54) is 44.9 Å². The molecule has 2 saturated carbocycles. The summed E-state index contributed by atoms with van der Waals surface area (Å²) in [4.78, 5) is 12.8. The first-order valence-corrected chi connectivity index (χ1v) is 11.3. The molecule has 3 rings (SSSR count). The van der Waals surface area contributed by atoms with Gasteiger partial charge in [0.1, 0.15) is 0 Å². The van der Waals surface area contributed by atoms with Gasteiger partial charge < -0.3 is 15.7 Å². The van der Waals surface area contributed by atoms with Gasteiger partial charge in [-0.2, -0.15) is 0 Å². The number of rotatable bonds is 9. The Bertz CT molecular complexity index is 652. The number of aliphatic hydroxyl groups excluding tert-OH is 1. The number of aryl methyl sites for hydroxylation is 1. The van der Waals surface area contributed by atoms with Crippen LogP contribution in [0.5, 0.6) is 0 Å². The van der Waals surface area contributed by atoms with Gasteiger partial charge in [0.15, 0.2) is 0 Å². The van der Waals surface area contributed by atoms with Gasteiger partial charge in [-0.25, -0.2) is 0 Å². The summed E-state index contributed by atoms with van der Waals surface area (Å²) in [5.41, 5.74) is 2.04. The first kappa shape index (κ1) is 24.2. The van der Waals surface area contributed by atoms with Crippen molar-refractivity contribution in [3.8, 4) is 0 Å². The largest absolute Gasteiger partial charge is 0.392 e. The zero-order valence-corrected chi connectivity index (χ0v) is 18.6. The molecule has 0 aliphatic heterocycles. The van der Waals surface area contributed by atoms with Crippen molar-refractivity contribution in [1.82, 2.24) is 10.6 Å². The van der Waals surface area contributed by atoms with E-state index < -0.39 is 0 Å². The van der Waals surface area contributed by atoms with Crippen LogP contribution >= 0.6 is 11.6 Å². The summed E-state index contributed by atoms with van der Waals surface area (Å²) in [6.07, 6.45) is 10.6. The highest BCUT2D eigenvalue weighted by atomic mass is 35.5. The monoisotopic (exact) mass is 420 g/mol. The van der Waals surface area contributed by atoms with Crippen LogP contribution in [0.15, 0.2) is 18.2 Å². The van der Waals surface area contributed by atoms with Crippen molar-refractivity contribution in [2.45, 2.75) is 70.8 Å². The van der Waals surface area contributed by atoms with E-state index in [0.717, 1.165) is 37.4 Å². The van der Waals surface area contributed by atoms with Gasteiger partial charge in [0.05, 0.1) is 16.7 Å². The number of nitrogens with one attached hydrogen (secondary N) is 2. The van der Waals surface area contributed by atoms with Crippen molar-refractivity contribution < 1.29 is 9.90 Å². The number of benzene rings is 1. The predicted octanol–water partition coefficient (Wildman–Crippen LogP) is 4.66. The lowest BCUT2D eigenvalue weighted by atomic mass is 9.62. The number of hydrogen-bond donors (Lipinski definition) is 3. The molecule has 2 bridgehead atoms. The number of halogens is 1. The zero-order valence-electron chi connectivity index (χ0n) is 17.8. The molecule has 1 amide bonds. The Kier molecular flexibility index (Phi) is 9.45. The minimum atomic E-state index is -0.325. The molecule has 3 N–H and O–H groups in total. The molecule has 1 aromatic rings. The Morgan fingerprint density at radius 3 is 2.72 bits per heavy atom. The van der Waals surface area contributed by atoms with E-state index in [0.29, 0.717) is 22.5 Å². The minimum Gasteiger partial charge on any atom is -0.392 e. The van der Waals surface area contributed by atoms with Crippen LogP contribution in [0.4, 0.5) is 0 Å². The second-order valence-electron chi connectivity index (χ2n) is 9.01. The van der Waals surface area contributed by atoms with E-state index in [2.05, 4.69) is 10.6 Å². The average Bonchev–Trinajstić information content (AvgIpc) is 2.67. The fraction of sp³-hybridized carbons (Fsp3) is 0.667. The summed E-state index contributed by atoms with van der Waals surface area (Å²) in [6.45, 7) is 4.01. The molecule has 0 spiro atoms. The normalized spacial score (nSPS) is 24.4. The van der Waals surface area contributed by atoms with Gasteiger partial charge in [0.25, 0.3) is 5.91 Å². The van der Waals surface area contributed by atoms with E-state index in [-0.39, 0.29) is 19.4 Å². The first-order chi connectivity index (χ1) is 13.5. The van der Waals surface area contributed by atoms with Crippen molar-refractivity contribution in [3.05, 3.63) is 41.8 Å². The Morgan fingerprint density at radius 1 is 1.31 bits per heavy atom. The Hall–Kier alpha value is -1.10. The molecule has 162 valence electrons. The molecular weight excluding hydrogens is 384 g/mol. The summed E-state index contributed by atoms with van der Waals surface area (Å²) >= 11 is 6.33. The standard InChI is InChI=1S/C23H35ClN2O2.CH2/c1-17(27)15-25-12-4-7-18-8-9-21(24)20(13-18)22(28)26-16-23-10-2-5-19(14-23)6-3-11-23;/h8-9,13,17,19,25,27H,2-7,10-12,14-16H2,1H3,(H,26,28);1H2. The smallest absolute Gasteiger partial charge is 0.252 e. The number of fused-ring (bicyclic) bond motifs is 2. The highest BCUT2D eigenvalue weighted by Gasteiger charge is 2.39. The van der Waals surface area contributed by atoms with Crippen LogP contribution in [0.2, 0.25) is 5.02 Å². The second kappa shape index (κ2) is 11.3. The maximum absolute atomic E-state index is 12.8. The highest BCUT2D eigenvalue weighted by molar-refractivity contribution is 6.33. The lowest BCUT2D eigenvalue weighted by Gasteiger charge is -2.45. The molecule has 2 aliphatic carbocycles. The lowest BCUT2D eigenvalue weighted by Crippen LogP contribution is -2.43. The first-order valence-electron chi connectivity index (χ1n) is 10.9. The van der Waals surface area contributed by atoms with E-state index >= 15 is 0 Å². The van der Waals surface area contributed by atoms with Crippen LogP contribution in [0.3, 0.4) is 0 Å². The van der Waals surface area contributed by atoms with Crippen molar-refractivity contribution >= 4 is 17.5 Å². The quantitative estimate of drug-likeness (QED) is 0.509. The fourth-order valence-electron chi connectivity index (χ4n) is 5.06. The zero-order chi connectivity index (χ0) is 20.0. The average molecular weight is 421 g/mol. The third-order valence-corrected chi connectivity index (χ3v) is 6.85. The molecular formula is C24H37ClN2O2. The molecule has 0 saturated heterocycles. The minimum absolute atomic E-state index is 0. The summed E-state index contributed by atoms with van der Waals surface area (Å²) in [6, 6.07) is 5.78. The topological polar surface area (TPSA) is 61.4 Å². The number of carbonyl (C=O) groups is 1. The molecule has 1 unspecified atom stereocenters. The SMILES string of the molecule is CC(O)CNCCCc1ccc(Cl)c(C(=O)NCC23CCCC(CCC2)C3)c1.[CH2]. The van der Waals surface area contributed by atoms with Crippen LogP contribution < -0.4 is 10.6 Å². The lowest BCUT2D eigenvalue weighted by molar-refractivity contribution is 0.0681. The predicted molar refractivity (Wildman–Crippen MR) is 120 cm³/mol. The van der Waals surface area contributed by atoms with Gasteiger partial charge in [0, 0.05) is 13.1 Å². The second-order valence-corrected chi connectivity index (χ2v) is 9.42. The van der Waals surface area contributed by atoms with Gasteiger partial charge in [0.2, 0.25) is 0 Å². The summed E-state index contributed by atoms with van der Waals surface area (Å²) in [5, 5.41) is 16.2. The van der Waals surface area contributed by atoms with Gasteiger partial charge in [-0.05, 0) is 74.6 Å². The maximum atomic E-state index is 12.8. The summed E-state index contributed by atoms with van der Waals surface area (Å²) in [5.74, 6) is 0.829. The molecule has 2 fully saturated rings. The van der Waals surface area contributed by atoms with Crippen LogP contribution in [-0.2, 0) is 6.42 Å². The summed E-state index contributed by atoms with van der Waals surface area (Å²) < 4.78 is 0. The molecule has 2 radical (unpaired) electrons. The van der Waals surface area contributed by atoms with E-state index in [4.69, 9.17) is 11.6 Å². The van der Waals surface area contributed by atoms with Crippen LogP contribution in [-0.4, -0.2) is 36.8 Å². The molecule has 29 heavy (non-hydrogen) atoms. The Morgan fingerprint density at radius 2 is 2.03 bits per heavy atom. The van der Waals surface area contributed by atoms with Gasteiger partial charge >= 0.3 is 0 Å². The third-order valence-electron chi connectivity index (χ3n) is 6.52. The molecule has 0 heterocycles. The molecule has 5 heteroatoms. The number of amides is 1. The van der Waals surface area contributed by atoms with E-state index in [1.807, 2.05) is 18.2 Å². The highest BCUT2D eigenvalue weighted by Crippen LogP contribution is 2.48. The molecule has 2 aliphatic rings. The van der Waals surface area contributed by atoms with Gasteiger partial charge in [-0.3, -0.25) is 4.79 Å². The van der Waals surface area contributed by atoms with Gasteiger partial charge in [-0.1, -0.05) is 50.8 Å².